The van der Waals surface area contributed by atoms with Crippen LogP contribution in [0.3, 0.4) is 0 Å². The van der Waals surface area contributed by atoms with Crippen molar-refractivity contribution in [2.24, 2.45) is 0 Å². The van der Waals surface area contributed by atoms with Gasteiger partial charge in [-0.2, -0.15) is 0 Å². The van der Waals surface area contributed by atoms with Gasteiger partial charge in [0.1, 0.15) is 0 Å². The van der Waals surface area contributed by atoms with Crippen LogP contribution in [0.1, 0.15) is 44.5 Å². The molecular weight excluding hydrogens is 957 g/mol. The third-order valence-electron chi connectivity index (χ3n) is 16.6. The lowest BCUT2D eigenvalue weighted by atomic mass is 9.62. The van der Waals surface area contributed by atoms with Gasteiger partial charge in [-0.3, -0.25) is 0 Å². The Kier molecular flexibility index (Phi) is 9.54. The fraction of sp³-hybridized carbons (Fsp3) is 0.0278. The van der Waals surface area contributed by atoms with Crippen molar-refractivity contribution < 1.29 is 0 Å². The van der Waals surface area contributed by atoms with Crippen molar-refractivity contribution in [3.63, 3.8) is 0 Å². The van der Waals surface area contributed by atoms with Crippen molar-refractivity contribution in [2.45, 2.75) is 10.8 Å². The lowest BCUT2D eigenvalue weighted by Crippen LogP contribution is -2.38. The lowest BCUT2D eigenvalue weighted by Gasteiger charge is -2.47. The molecular formula is C72H46N2S2. The largest absolute Gasteiger partial charge is 0.309 e. The number of benzene rings is 12. The molecule has 0 unspecified atom stereocenters. The molecule has 76 heavy (non-hydrogen) atoms. The van der Waals surface area contributed by atoms with Gasteiger partial charge >= 0.3 is 0 Å². The number of anilines is 6. The standard InChI is InChI=1S/C72H46N2S2/c1-5-23-47(24-6-1)71(48-25-7-2-8-26-48)57-35-15-17-37-63(57)73(65-45-69-55(43-59(65)71)53-31-13-19-41-67(53)75-69)61-39-21-34-52-51(61)33-22-40-62(52)74-64-38-18-16-36-58(64)72(49-27-9-3-10-28-49,50-29-11-4-12-30-50)60-44-56-54-32-14-20-42-68(54)76-70(56)46-66(60)74/h1-46H. The zero-order valence-corrected chi connectivity index (χ0v) is 42.9. The van der Waals surface area contributed by atoms with Crippen molar-refractivity contribution in [3.8, 4) is 0 Å². The van der Waals surface area contributed by atoms with E-state index < -0.39 is 10.8 Å². The number of fused-ring (bicyclic) bond motifs is 11. The van der Waals surface area contributed by atoms with E-state index in [9.17, 15) is 0 Å². The molecule has 0 atom stereocenters. The highest BCUT2D eigenvalue weighted by Gasteiger charge is 2.49. The predicted molar refractivity (Wildman–Crippen MR) is 323 cm³/mol. The van der Waals surface area contributed by atoms with Crippen LogP contribution in [-0.2, 0) is 10.8 Å². The van der Waals surface area contributed by atoms with Crippen molar-refractivity contribution in [2.75, 3.05) is 9.80 Å². The maximum Gasteiger partial charge on any atom is 0.0742 e. The van der Waals surface area contributed by atoms with Gasteiger partial charge in [0.15, 0.2) is 0 Å². The molecule has 2 aromatic heterocycles. The summed E-state index contributed by atoms with van der Waals surface area (Å²) in [5, 5.41) is 7.50. The average Bonchev–Trinajstić information content (AvgIpc) is 4.14. The summed E-state index contributed by atoms with van der Waals surface area (Å²) in [5.41, 5.74) is 15.7. The van der Waals surface area contributed by atoms with Crippen molar-refractivity contribution >= 4 is 108 Å². The van der Waals surface area contributed by atoms with Crippen LogP contribution in [-0.4, -0.2) is 0 Å². The van der Waals surface area contributed by atoms with Gasteiger partial charge in [0, 0.05) is 51.1 Å². The van der Waals surface area contributed by atoms with Gasteiger partial charge in [0.2, 0.25) is 0 Å². The fourth-order valence-corrected chi connectivity index (χ4v) is 15.8. The van der Waals surface area contributed by atoms with E-state index >= 15 is 0 Å². The Balaban J connectivity index is 0.992. The third-order valence-corrected chi connectivity index (χ3v) is 18.8. The number of hydrogen-bond acceptors (Lipinski definition) is 4. The van der Waals surface area contributed by atoms with Crippen LogP contribution in [0.2, 0.25) is 0 Å². The Bertz CT molecular complexity index is 4220. The number of para-hydroxylation sites is 2. The van der Waals surface area contributed by atoms with Crippen LogP contribution in [0, 0.1) is 0 Å². The molecule has 4 heteroatoms. The Labute approximate surface area is 449 Å². The van der Waals surface area contributed by atoms with Crippen LogP contribution in [0.15, 0.2) is 279 Å². The molecule has 0 amide bonds. The summed E-state index contributed by atoms with van der Waals surface area (Å²) in [6, 6.07) is 105. The Hall–Kier alpha value is -9.06. The summed E-state index contributed by atoms with van der Waals surface area (Å²) in [6.07, 6.45) is 0. The SMILES string of the molecule is c1ccc(C2(c3ccccc3)c3ccccc3N(c3cccc4c(N5c6ccccc6C(c6ccccc6)(c6ccccc6)c6cc7c(cc65)sc5ccccc57)cccc34)c3cc4sc5ccccc5c4cc32)cc1. The molecule has 0 radical (unpaired) electrons. The molecule has 4 heterocycles. The minimum Gasteiger partial charge on any atom is -0.309 e. The van der Waals surface area contributed by atoms with E-state index in [1.54, 1.807) is 0 Å². The lowest BCUT2D eigenvalue weighted by molar-refractivity contribution is 0.733. The Morgan fingerprint density at radius 2 is 0.526 bits per heavy atom. The highest BCUT2D eigenvalue weighted by molar-refractivity contribution is 7.26. The van der Waals surface area contributed by atoms with Gasteiger partial charge in [-0.15, -0.1) is 22.7 Å². The minimum atomic E-state index is -0.624. The summed E-state index contributed by atoms with van der Waals surface area (Å²) in [5.74, 6) is 0. The molecule has 0 bridgehead atoms. The van der Waals surface area contributed by atoms with Crippen LogP contribution >= 0.6 is 22.7 Å². The highest BCUT2D eigenvalue weighted by atomic mass is 32.1. The molecule has 14 aromatic rings. The first-order chi connectivity index (χ1) is 37.7. The molecule has 0 aliphatic carbocycles. The van der Waals surface area contributed by atoms with Crippen LogP contribution < -0.4 is 9.80 Å². The van der Waals surface area contributed by atoms with Gasteiger partial charge in [-0.05, 0) is 105 Å². The highest BCUT2D eigenvalue weighted by Crippen LogP contribution is 2.62. The molecule has 12 aromatic carbocycles. The summed E-state index contributed by atoms with van der Waals surface area (Å²) >= 11 is 3.76. The van der Waals surface area contributed by atoms with E-state index in [1.165, 1.54) is 107 Å². The molecule has 2 aliphatic rings. The first kappa shape index (κ1) is 43.4. The van der Waals surface area contributed by atoms with Gasteiger partial charge < -0.3 is 9.80 Å². The topological polar surface area (TPSA) is 6.48 Å². The second-order valence-corrected chi connectivity index (χ2v) is 22.4. The zero-order valence-electron chi connectivity index (χ0n) is 41.3. The molecule has 0 saturated carbocycles. The molecule has 0 spiro atoms. The van der Waals surface area contributed by atoms with Crippen LogP contribution in [0.4, 0.5) is 34.1 Å². The summed E-state index contributed by atoms with van der Waals surface area (Å²) in [7, 11) is 0. The maximum atomic E-state index is 2.58. The van der Waals surface area contributed by atoms with Crippen LogP contribution in [0.25, 0.3) is 51.1 Å². The smallest absolute Gasteiger partial charge is 0.0742 e. The second kappa shape index (κ2) is 16.7. The number of rotatable bonds is 6. The van der Waals surface area contributed by atoms with Gasteiger partial charge in [0.05, 0.1) is 45.0 Å². The van der Waals surface area contributed by atoms with Crippen molar-refractivity contribution in [1.29, 1.82) is 0 Å². The predicted octanol–water partition coefficient (Wildman–Crippen LogP) is 19.9. The Morgan fingerprint density at radius 3 is 0.921 bits per heavy atom. The molecule has 0 saturated heterocycles. The number of thiophene rings is 2. The molecule has 2 nitrogen and oxygen atoms in total. The second-order valence-electron chi connectivity index (χ2n) is 20.2. The van der Waals surface area contributed by atoms with Crippen molar-refractivity contribution in [3.05, 3.63) is 324 Å². The van der Waals surface area contributed by atoms with Gasteiger partial charge in [-0.25, -0.2) is 0 Å². The first-order valence-electron chi connectivity index (χ1n) is 26.2. The number of hydrogen-bond donors (Lipinski definition) is 0. The quantitative estimate of drug-likeness (QED) is 0.164. The molecule has 0 fully saturated rings. The number of nitrogens with zero attached hydrogens (tertiary/aromatic N) is 2. The van der Waals surface area contributed by atoms with E-state index in [4.69, 9.17) is 0 Å². The Morgan fingerprint density at radius 1 is 0.211 bits per heavy atom. The summed E-state index contributed by atoms with van der Waals surface area (Å²) in [6.45, 7) is 0. The third kappa shape index (κ3) is 5.97. The first-order valence-corrected chi connectivity index (χ1v) is 27.8. The average molecular weight is 1000 g/mol. The van der Waals surface area contributed by atoms with Gasteiger partial charge in [-0.1, -0.05) is 218 Å². The van der Waals surface area contributed by atoms with Crippen molar-refractivity contribution in [1.82, 2.24) is 0 Å². The van der Waals surface area contributed by atoms with Crippen LogP contribution in [0.5, 0.6) is 0 Å². The molecule has 0 N–H and O–H groups in total. The van der Waals surface area contributed by atoms with E-state index in [-0.39, 0.29) is 0 Å². The molecule has 356 valence electrons. The van der Waals surface area contributed by atoms with Gasteiger partial charge in [0.25, 0.3) is 0 Å². The maximum absolute atomic E-state index is 2.58. The monoisotopic (exact) mass is 1000 g/mol. The van der Waals surface area contributed by atoms with E-state index in [0.717, 1.165) is 22.7 Å². The minimum absolute atomic E-state index is 0.624. The molecule has 16 rings (SSSR count). The van der Waals surface area contributed by atoms with E-state index in [1.807, 2.05) is 22.7 Å². The summed E-state index contributed by atoms with van der Waals surface area (Å²) < 4.78 is 5.13. The fourth-order valence-electron chi connectivity index (χ4n) is 13.5. The van der Waals surface area contributed by atoms with E-state index in [0.29, 0.717) is 0 Å². The molecule has 2 aliphatic heterocycles. The van der Waals surface area contributed by atoms with E-state index in [2.05, 4.69) is 289 Å². The summed E-state index contributed by atoms with van der Waals surface area (Å²) in [4.78, 5) is 5.17. The normalized spacial score (nSPS) is 14.2. The zero-order chi connectivity index (χ0) is 50.0.